The van der Waals surface area contributed by atoms with E-state index in [0.29, 0.717) is 5.56 Å². The van der Waals surface area contributed by atoms with E-state index in [-0.39, 0.29) is 5.56 Å². The van der Waals surface area contributed by atoms with Crippen molar-refractivity contribution in [3.8, 4) is 0 Å². The molecule has 2 aromatic carbocycles. The Labute approximate surface area is 114 Å². The van der Waals surface area contributed by atoms with E-state index < -0.39 is 17.1 Å². The zero-order valence-electron chi connectivity index (χ0n) is 10.2. The molecule has 0 saturated heterocycles. The lowest BCUT2D eigenvalue weighted by Gasteiger charge is -2.17. The molecule has 0 aliphatic rings. The molecule has 19 heavy (non-hydrogen) atoms. The van der Waals surface area contributed by atoms with Crippen LogP contribution in [0.15, 0.2) is 48.5 Å². The van der Waals surface area contributed by atoms with Crippen LogP contribution in [0.2, 0.25) is 0 Å². The molecular formula is C15H12ClF3. The molecule has 4 heteroatoms. The maximum absolute atomic E-state index is 12.9. The van der Waals surface area contributed by atoms with Gasteiger partial charge in [0.15, 0.2) is 0 Å². The number of hydrogen-bond acceptors (Lipinski definition) is 0. The van der Waals surface area contributed by atoms with Crippen LogP contribution in [0, 0.1) is 6.92 Å². The van der Waals surface area contributed by atoms with E-state index >= 15 is 0 Å². The third-order valence-electron chi connectivity index (χ3n) is 3.05. The summed E-state index contributed by atoms with van der Waals surface area (Å²) in [5.74, 6) is 0. The standard InChI is InChI=1S/C15H12ClF3/c1-10-12(8-5-9-13(10)15(17,18)19)14(16)11-6-3-2-4-7-11/h2-9,14H,1H3. The fourth-order valence-corrected chi connectivity index (χ4v) is 2.42. The number of benzene rings is 2. The van der Waals surface area contributed by atoms with Crippen LogP contribution in [0.3, 0.4) is 0 Å². The fourth-order valence-electron chi connectivity index (χ4n) is 2.04. The Morgan fingerprint density at radius 3 is 2.16 bits per heavy atom. The van der Waals surface area contributed by atoms with Gasteiger partial charge in [0, 0.05) is 0 Å². The number of halogens is 4. The molecule has 0 aliphatic heterocycles. The van der Waals surface area contributed by atoms with Gasteiger partial charge in [0.05, 0.1) is 10.9 Å². The van der Waals surface area contributed by atoms with Crippen molar-refractivity contribution in [3.05, 3.63) is 70.8 Å². The molecule has 2 rings (SSSR count). The maximum atomic E-state index is 12.9. The van der Waals surface area contributed by atoms with Gasteiger partial charge in [-0.05, 0) is 29.7 Å². The third kappa shape index (κ3) is 2.92. The molecule has 0 heterocycles. The van der Waals surface area contributed by atoms with Gasteiger partial charge in [0.25, 0.3) is 0 Å². The quantitative estimate of drug-likeness (QED) is 0.653. The van der Waals surface area contributed by atoms with Crippen LogP contribution >= 0.6 is 11.6 Å². The van der Waals surface area contributed by atoms with E-state index in [0.717, 1.165) is 11.6 Å². The van der Waals surface area contributed by atoms with Crippen molar-refractivity contribution in [3.63, 3.8) is 0 Å². The highest BCUT2D eigenvalue weighted by molar-refractivity contribution is 6.22. The van der Waals surface area contributed by atoms with Crippen molar-refractivity contribution in [1.29, 1.82) is 0 Å². The largest absolute Gasteiger partial charge is 0.416 e. The highest BCUT2D eigenvalue weighted by atomic mass is 35.5. The predicted molar refractivity (Wildman–Crippen MR) is 70.3 cm³/mol. The molecule has 0 fully saturated rings. The Balaban J connectivity index is 2.47. The minimum atomic E-state index is -4.35. The van der Waals surface area contributed by atoms with Crippen molar-refractivity contribution in [2.45, 2.75) is 18.5 Å². The van der Waals surface area contributed by atoms with Crippen molar-refractivity contribution in [1.82, 2.24) is 0 Å². The summed E-state index contributed by atoms with van der Waals surface area (Å²) in [6, 6.07) is 13.2. The third-order valence-corrected chi connectivity index (χ3v) is 3.53. The molecule has 1 unspecified atom stereocenters. The maximum Gasteiger partial charge on any atom is 0.416 e. The van der Waals surface area contributed by atoms with Crippen LogP contribution in [0.25, 0.3) is 0 Å². The summed E-state index contributed by atoms with van der Waals surface area (Å²) in [7, 11) is 0. The van der Waals surface area contributed by atoms with E-state index in [2.05, 4.69) is 0 Å². The van der Waals surface area contributed by atoms with Gasteiger partial charge in [-0.1, -0.05) is 42.5 Å². The van der Waals surface area contributed by atoms with Gasteiger partial charge in [-0.2, -0.15) is 13.2 Å². The fraction of sp³-hybridized carbons (Fsp3) is 0.200. The summed E-state index contributed by atoms with van der Waals surface area (Å²) in [5, 5.41) is -0.580. The monoisotopic (exact) mass is 284 g/mol. The Bertz CT molecular complexity index is 561. The van der Waals surface area contributed by atoms with Crippen LogP contribution < -0.4 is 0 Å². The van der Waals surface area contributed by atoms with Gasteiger partial charge in [0.1, 0.15) is 0 Å². The molecule has 0 nitrogen and oxygen atoms in total. The summed E-state index contributed by atoms with van der Waals surface area (Å²) < 4.78 is 38.6. The summed E-state index contributed by atoms with van der Waals surface area (Å²) in [5.41, 5.74) is 0.819. The second-order valence-electron chi connectivity index (χ2n) is 4.29. The summed E-state index contributed by atoms with van der Waals surface area (Å²) in [6.07, 6.45) is -4.35. The average molecular weight is 285 g/mol. The van der Waals surface area contributed by atoms with Crippen molar-refractivity contribution >= 4 is 11.6 Å². The molecule has 100 valence electrons. The predicted octanol–water partition coefficient (Wildman–Crippen LogP) is 5.34. The van der Waals surface area contributed by atoms with E-state index in [1.165, 1.54) is 13.0 Å². The van der Waals surface area contributed by atoms with Crippen LogP contribution in [0.1, 0.15) is 27.6 Å². The second kappa shape index (κ2) is 5.25. The first-order chi connectivity index (χ1) is 8.91. The summed E-state index contributed by atoms with van der Waals surface area (Å²) in [6.45, 7) is 1.45. The summed E-state index contributed by atoms with van der Waals surface area (Å²) in [4.78, 5) is 0. The van der Waals surface area contributed by atoms with Gasteiger partial charge in [-0.25, -0.2) is 0 Å². The lowest BCUT2D eigenvalue weighted by molar-refractivity contribution is -0.138. The van der Waals surface area contributed by atoms with Gasteiger partial charge < -0.3 is 0 Å². The first-order valence-corrected chi connectivity index (χ1v) is 6.20. The first kappa shape index (κ1) is 13.9. The molecule has 0 spiro atoms. The van der Waals surface area contributed by atoms with Crippen molar-refractivity contribution < 1.29 is 13.2 Å². The van der Waals surface area contributed by atoms with Crippen LogP contribution in [-0.4, -0.2) is 0 Å². The SMILES string of the molecule is Cc1c(C(Cl)c2ccccc2)cccc1C(F)(F)F. The summed E-state index contributed by atoms with van der Waals surface area (Å²) >= 11 is 6.29. The molecule has 0 aromatic heterocycles. The van der Waals surface area contributed by atoms with E-state index in [1.54, 1.807) is 18.2 Å². The molecule has 0 amide bonds. The van der Waals surface area contributed by atoms with Crippen LogP contribution in [-0.2, 0) is 6.18 Å². The first-order valence-electron chi connectivity index (χ1n) is 5.77. The lowest BCUT2D eigenvalue weighted by Crippen LogP contribution is -2.10. The molecule has 0 aliphatic carbocycles. The molecular weight excluding hydrogens is 273 g/mol. The Morgan fingerprint density at radius 1 is 0.947 bits per heavy atom. The van der Waals surface area contributed by atoms with E-state index in [9.17, 15) is 13.2 Å². The minimum absolute atomic E-state index is 0.179. The van der Waals surface area contributed by atoms with Gasteiger partial charge in [-0.3, -0.25) is 0 Å². The van der Waals surface area contributed by atoms with Crippen LogP contribution in [0.5, 0.6) is 0 Å². The Morgan fingerprint density at radius 2 is 1.58 bits per heavy atom. The second-order valence-corrected chi connectivity index (χ2v) is 4.73. The van der Waals surface area contributed by atoms with Gasteiger partial charge in [-0.15, -0.1) is 11.6 Å². The highest BCUT2D eigenvalue weighted by Gasteiger charge is 2.33. The zero-order valence-corrected chi connectivity index (χ0v) is 11.0. The smallest absolute Gasteiger partial charge is 0.166 e. The lowest BCUT2D eigenvalue weighted by atomic mass is 9.96. The van der Waals surface area contributed by atoms with Crippen LogP contribution in [0.4, 0.5) is 13.2 Å². The average Bonchev–Trinajstić information content (AvgIpc) is 2.38. The van der Waals surface area contributed by atoms with Gasteiger partial charge >= 0.3 is 6.18 Å². The van der Waals surface area contributed by atoms with E-state index in [4.69, 9.17) is 11.6 Å². The number of hydrogen-bond donors (Lipinski definition) is 0. The molecule has 0 N–H and O–H groups in total. The van der Waals surface area contributed by atoms with Crippen molar-refractivity contribution in [2.24, 2.45) is 0 Å². The van der Waals surface area contributed by atoms with Gasteiger partial charge in [0.2, 0.25) is 0 Å². The highest BCUT2D eigenvalue weighted by Crippen LogP contribution is 2.37. The van der Waals surface area contributed by atoms with E-state index in [1.807, 2.05) is 18.2 Å². The molecule has 2 aromatic rings. The number of rotatable bonds is 2. The number of alkyl halides is 4. The van der Waals surface area contributed by atoms with Crippen molar-refractivity contribution in [2.75, 3.05) is 0 Å². The molecule has 0 bridgehead atoms. The Hall–Kier alpha value is -1.48. The zero-order chi connectivity index (χ0) is 14.0. The minimum Gasteiger partial charge on any atom is -0.166 e. The molecule has 0 saturated carbocycles. The molecule has 0 radical (unpaired) electrons. The normalized spacial score (nSPS) is 13.3. The topological polar surface area (TPSA) is 0 Å². The Kier molecular flexibility index (Phi) is 3.85. The molecule has 1 atom stereocenters.